The number of hydrogen-bond acceptors (Lipinski definition) is 1. The second-order valence-corrected chi connectivity index (χ2v) is 4.57. The minimum atomic E-state index is -0.759. The van der Waals surface area contributed by atoms with Gasteiger partial charge < -0.3 is 10.6 Å². The number of rotatable bonds is 2. The molecule has 0 saturated heterocycles. The molecule has 0 saturated carbocycles. The molecule has 0 amide bonds. The van der Waals surface area contributed by atoms with Gasteiger partial charge in [0.05, 0.1) is 5.69 Å². The average Bonchev–Trinajstić information content (AvgIpc) is 2.37. The molecular weight excluding hydrogens is 285 g/mol. The number of nitrogens with one attached hydrogen (secondary N) is 2. The molecule has 0 aliphatic rings. The normalized spacial score (nSPS) is 10.2. The van der Waals surface area contributed by atoms with Gasteiger partial charge in [0.2, 0.25) is 0 Å². The lowest BCUT2D eigenvalue weighted by Crippen LogP contribution is -2.20. The summed E-state index contributed by atoms with van der Waals surface area (Å²) >= 11 is 5.01. The van der Waals surface area contributed by atoms with E-state index in [9.17, 15) is 13.2 Å². The predicted molar refractivity (Wildman–Crippen MR) is 77.3 cm³/mol. The van der Waals surface area contributed by atoms with Gasteiger partial charge in [-0.1, -0.05) is 6.07 Å². The van der Waals surface area contributed by atoms with Crippen molar-refractivity contribution in [2.45, 2.75) is 6.92 Å². The Balaban J connectivity index is 2.11. The van der Waals surface area contributed by atoms with Crippen LogP contribution in [-0.4, -0.2) is 5.11 Å². The van der Waals surface area contributed by atoms with Crippen LogP contribution >= 0.6 is 12.2 Å². The van der Waals surface area contributed by atoms with Gasteiger partial charge in [0.25, 0.3) is 0 Å². The summed E-state index contributed by atoms with van der Waals surface area (Å²) in [6.45, 7) is 1.78. The number of benzene rings is 2. The zero-order valence-electron chi connectivity index (χ0n) is 10.5. The predicted octanol–water partition coefficient (Wildman–Crippen LogP) is 4.22. The Morgan fingerprint density at radius 2 is 1.50 bits per heavy atom. The molecule has 0 aliphatic carbocycles. The summed E-state index contributed by atoms with van der Waals surface area (Å²) in [5, 5.41) is 5.44. The number of hydrogen-bond donors (Lipinski definition) is 2. The molecule has 0 atom stereocenters. The van der Waals surface area contributed by atoms with Crippen LogP contribution in [0.2, 0.25) is 0 Å². The van der Waals surface area contributed by atoms with Gasteiger partial charge in [-0.25, -0.2) is 13.2 Å². The van der Waals surface area contributed by atoms with Crippen molar-refractivity contribution in [3.8, 4) is 0 Å². The van der Waals surface area contributed by atoms with Crippen molar-refractivity contribution in [3.63, 3.8) is 0 Å². The summed E-state index contributed by atoms with van der Waals surface area (Å²) in [5.74, 6) is -1.84. The first-order valence-electron chi connectivity index (χ1n) is 5.75. The van der Waals surface area contributed by atoms with Crippen molar-refractivity contribution in [2.75, 3.05) is 10.6 Å². The maximum atomic E-state index is 13.4. The molecule has 2 nitrogen and oxygen atoms in total. The number of halogens is 3. The van der Waals surface area contributed by atoms with Gasteiger partial charge in [-0.05, 0) is 49.0 Å². The summed E-state index contributed by atoms with van der Waals surface area (Å²) < 4.78 is 39.3. The summed E-state index contributed by atoms with van der Waals surface area (Å²) in [5.41, 5.74) is 1.30. The maximum absolute atomic E-state index is 13.4. The van der Waals surface area contributed by atoms with E-state index in [0.29, 0.717) is 5.69 Å². The third-order valence-corrected chi connectivity index (χ3v) is 2.83. The third kappa shape index (κ3) is 3.48. The fourth-order valence-electron chi connectivity index (χ4n) is 1.60. The fourth-order valence-corrected chi connectivity index (χ4v) is 1.82. The topological polar surface area (TPSA) is 24.1 Å². The third-order valence-electron chi connectivity index (χ3n) is 2.63. The van der Waals surface area contributed by atoms with Gasteiger partial charge in [0.1, 0.15) is 17.5 Å². The Hall–Kier alpha value is -2.08. The van der Waals surface area contributed by atoms with Gasteiger partial charge in [-0.15, -0.1) is 0 Å². The van der Waals surface area contributed by atoms with E-state index in [0.717, 1.165) is 17.7 Å². The lowest BCUT2D eigenvalue weighted by molar-refractivity contribution is 0.586. The quantitative estimate of drug-likeness (QED) is 0.811. The monoisotopic (exact) mass is 296 g/mol. The van der Waals surface area contributed by atoms with Crippen molar-refractivity contribution < 1.29 is 13.2 Å². The molecule has 2 N–H and O–H groups in total. The smallest absolute Gasteiger partial charge is 0.175 e. The highest BCUT2D eigenvalue weighted by Crippen LogP contribution is 2.18. The zero-order valence-corrected chi connectivity index (χ0v) is 11.3. The van der Waals surface area contributed by atoms with Crippen molar-refractivity contribution in [1.82, 2.24) is 0 Å². The molecule has 6 heteroatoms. The van der Waals surface area contributed by atoms with Crippen molar-refractivity contribution in [1.29, 1.82) is 0 Å². The van der Waals surface area contributed by atoms with Gasteiger partial charge in [0.15, 0.2) is 5.11 Å². The highest BCUT2D eigenvalue weighted by molar-refractivity contribution is 7.80. The Morgan fingerprint density at radius 1 is 0.900 bits per heavy atom. The Bertz CT molecular complexity index is 659. The van der Waals surface area contributed by atoms with Gasteiger partial charge in [0, 0.05) is 11.8 Å². The van der Waals surface area contributed by atoms with Crippen LogP contribution < -0.4 is 10.6 Å². The first-order valence-corrected chi connectivity index (χ1v) is 6.16. The highest BCUT2D eigenvalue weighted by Gasteiger charge is 2.07. The van der Waals surface area contributed by atoms with E-state index >= 15 is 0 Å². The van der Waals surface area contributed by atoms with Crippen LogP contribution in [0, 0.1) is 24.4 Å². The van der Waals surface area contributed by atoms with Gasteiger partial charge in [-0.2, -0.15) is 0 Å². The maximum Gasteiger partial charge on any atom is 0.175 e. The molecule has 2 rings (SSSR count). The molecule has 0 spiro atoms. The highest BCUT2D eigenvalue weighted by atomic mass is 32.1. The molecule has 20 heavy (non-hydrogen) atoms. The summed E-state index contributed by atoms with van der Waals surface area (Å²) in [4.78, 5) is 0. The summed E-state index contributed by atoms with van der Waals surface area (Å²) in [6, 6.07) is 7.30. The number of aryl methyl sites for hydroxylation is 1. The largest absolute Gasteiger partial charge is 0.332 e. The molecule has 0 fully saturated rings. The molecular formula is C14H11F3N2S. The lowest BCUT2D eigenvalue weighted by Gasteiger charge is -2.13. The molecule has 2 aromatic carbocycles. The van der Waals surface area contributed by atoms with E-state index in [1.54, 1.807) is 13.0 Å². The molecule has 2 aromatic rings. The molecule has 0 heterocycles. The van der Waals surface area contributed by atoms with Gasteiger partial charge in [-0.3, -0.25) is 0 Å². The van der Waals surface area contributed by atoms with Crippen LogP contribution in [0.1, 0.15) is 5.56 Å². The van der Waals surface area contributed by atoms with Crippen LogP contribution in [0.15, 0.2) is 36.4 Å². The van der Waals surface area contributed by atoms with E-state index in [1.165, 1.54) is 18.2 Å². The van der Waals surface area contributed by atoms with E-state index in [4.69, 9.17) is 12.2 Å². The van der Waals surface area contributed by atoms with Crippen molar-refractivity contribution in [2.24, 2.45) is 0 Å². The van der Waals surface area contributed by atoms with Crippen LogP contribution in [0.25, 0.3) is 0 Å². The molecule has 104 valence electrons. The zero-order chi connectivity index (χ0) is 14.7. The second-order valence-electron chi connectivity index (χ2n) is 4.16. The van der Waals surface area contributed by atoms with Crippen LogP contribution in [-0.2, 0) is 0 Å². The SMILES string of the molecule is Cc1ccc(F)cc1NC(=S)Nc1ccc(F)cc1F. The molecule has 0 bridgehead atoms. The minimum absolute atomic E-state index is 0.0398. The first kappa shape index (κ1) is 14.3. The van der Waals surface area contributed by atoms with Crippen LogP contribution in [0.3, 0.4) is 0 Å². The summed E-state index contributed by atoms with van der Waals surface area (Å²) in [6.07, 6.45) is 0. The molecule has 0 unspecified atom stereocenters. The lowest BCUT2D eigenvalue weighted by atomic mass is 10.2. The second kappa shape index (κ2) is 5.92. The summed E-state index contributed by atoms with van der Waals surface area (Å²) in [7, 11) is 0. The Kier molecular flexibility index (Phi) is 4.24. The molecule has 0 aliphatic heterocycles. The molecule has 0 radical (unpaired) electrons. The Morgan fingerprint density at radius 3 is 2.20 bits per heavy atom. The van der Waals surface area contributed by atoms with E-state index < -0.39 is 17.5 Å². The molecule has 0 aromatic heterocycles. The number of anilines is 2. The van der Waals surface area contributed by atoms with Crippen LogP contribution in [0.5, 0.6) is 0 Å². The van der Waals surface area contributed by atoms with E-state index in [2.05, 4.69) is 10.6 Å². The van der Waals surface area contributed by atoms with Crippen molar-refractivity contribution >= 4 is 28.7 Å². The van der Waals surface area contributed by atoms with E-state index in [-0.39, 0.29) is 10.8 Å². The fraction of sp³-hybridized carbons (Fsp3) is 0.0714. The average molecular weight is 296 g/mol. The standard InChI is InChI=1S/C14H11F3N2S/c1-8-2-3-10(16)7-13(8)19-14(20)18-12-5-4-9(15)6-11(12)17/h2-7H,1H3,(H2,18,19,20). The van der Waals surface area contributed by atoms with Crippen molar-refractivity contribution in [3.05, 3.63) is 59.4 Å². The number of thiocarbonyl (C=S) groups is 1. The Labute approximate surface area is 119 Å². The first-order chi connectivity index (χ1) is 9.45. The van der Waals surface area contributed by atoms with Gasteiger partial charge >= 0.3 is 0 Å². The van der Waals surface area contributed by atoms with E-state index in [1.807, 2.05) is 0 Å². The minimum Gasteiger partial charge on any atom is -0.332 e. The van der Waals surface area contributed by atoms with Crippen LogP contribution in [0.4, 0.5) is 24.5 Å².